The van der Waals surface area contributed by atoms with E-state index in [2.05, 4.69) is 0 Å². The number of rotatable bonds is 8. The molecule has 1 saturated heterocycles. The number of ether oxygens (including phenoxy) is 2. The van der Waals surface area contributed by atoms with E-state index in [0.717, 1.165) is 11.3 Å². The summed E-state index contributed by atoms with van der Waals surface area (Å²) in [6.45, 7) is 6.21. The molecule has 2 unspecified atom stereocenters. The van der Waals surface area contributed by atoms with Crippen molar-refractivity contribution in [1.82, 2.24) is 0 Å². The molecule has 0 saturated carbocycles. The summed E-state index contributed by atoms with van der Waals surface area (Å²) in [6, 6.07) is 7.57. The van der Waals surface area contributed by atoms with Crippen LogP contribution in [0, 0.1) is 0 Å². The molecule has 1 aromatic rings. The van der Waals surface area contributed by atoms with E-state index >= 15 is 0 Å². The first-order valence-electron chi connectivity index (χ1n) is 7.27. The van der Waals surface area contributed by atoms with Gasteiger partial charge in [-0.2, -0.15) is 0 Å². The second-order valence-corrected chi connectivity index (χ2v) is 7.07. The highest BCUT2D eigenvalue weighted by molar-refractivity contribution is 7.55. The molecule has 0 radical (unpaired) electrons. The normalized spacial score (nSPS) is 24.9. The molecule has 1 heterocycles. The first-order valence-corrected chi connectivity index (χ1v) is 8.82. The van der Waals surface area contributed by atoms with Gasteiger partial charge in [-0.3, -0.25) is 4.57 Å². The number of hydrogen-bond acceptors (Lipinski definition) is 5. The molecule has 1 aromatic carbocycles. The molecule has 21 heavy (non-hydrogen) atoms. The van der Waals surface area contributed by atoms with Crippen LogP contribution in [-0.2, 0) is 18.3 Å². The Labute approximate surface area is 126 Å². The lowest BCUT2D eigenvalue weighted by Crippen LogP contribution is -2.16. The van der Waals surface area contributed by atoms with Crippen LogP contribution in [0.15, 0.2) is 24.3 Å². The summed E-state index contributed by atoms with van der Waals surface area (Å²) in [5.74, 6) is 0.777. The van der Waals surface area contributed by atoms with E-state index in [1.807, 2.05) is 31.2 Å². The van der Waals surface area contributed by atoms with Gasteiger partial charge >= 0.3 is 7.60 Å². The fraction of sp³-hybridized carbons (Fsp3) is 0.600. The van der Waals surface area contributed by atoms with Gasteiger partial charge in [0.1, 0.15) is 11.9 Å². The average Bonchev–Trinajstić information content (AvgIpc) is 3.24. The topological polar surface area (TPSA) is 57.3 Å². The van der Waals surface area contributed by atoms with Crippen LogP contribution in [0.5, 0.6) is 5.75 Å². The van der Waals surface area contributed by atoms with E-state index in [9.17, 15) is 4.57 Å². The standard InChI is InChI=1S/C15H23O5P/c1-5-15(21(16,18-6-2)19-7-3)14(20-15)12-8-10-13(17-4)11-9-12/h8-11,14H,5-7H2,1-4H3. The molecule has 0 spiro atoms. The van der Waals surface area contributed by atoms with Gasteiger partial charge in [-0.1, -0.05) is 19.1 Å². The Hall–Kier alpha value is -0.870. The summed E-state index contributed by atoms with van der Waals surface area (Å²) in [5, 5.41) is -0.867. The number of benzene rings is 1. The lowest BCUT2D eigenvalue weighted by atomic mass is 10.1. The first kappa shape index (κ1) is 16.5. The minimum atomic E-state index is -3.31. The molecule has 5 nitrogen and oxygen atoms in total. The molecule has 1 aliphatic heterocycles. The molecule has 0 amide bonds. The molecule has 6 heteroatoms. The Morgan fingerprint density at radius 1 is 1.14 bits per heavy atom. The Balaban J connectivity index is 2.26. The Morgan fingerprint density at radius 2 is 1.71 bits per heavy atom. The van der Waals surface area contributed by atoms with Crippen molar-refractivity contribution in [2.24, 2.45) is 0 Å². The second-order valence-electron chi connectivity index (χ2n) is 4.80. The average molecular weight is 314 g/mol. The molecule has 2 atom stereocenters. The van der Waals surface area contributed by atoms with Crippen LogP contribution in [0.4, 0.5) is 0 Å². The molecule has 0 aliphatic carbocycles. The quantitative estimate of drug-likeness (QED) is 0.533. The highest BCUT2D eigenvalue weighted by atomic mass is 31.2. The van der Waals surface area contributed by atoms with Crippen LogP contribution in [0.25, 0.3) is 0 Å². The summed E-state index contributed by atoms with van der Waals surface area (Å²) in [6.07, 6.45) is 0.304. The van der Waals surface area contributed by atoms with E-state index in [1.54, 1.807) is 21.0 Å². The molecule has 1 aliphatic rings. The van der Waals surface area contributed by atoms with Crippen LogP contribution in [-0.4, -0.2) is 25.7 Å². The minimum absolute atomic E-state index is 0.266. The summed E-state index contributed by atoms with van der Waals surface area (Å²) >= 11 is 0. The Morgan fingerprint density at radius 3 is 2.14 bits per heavy atom. The van der Waals surface area contributed by atoms with Crippen molar-refractivity contribution in [3.8, 4) is 5.75 Å². The van der Waals surface area contributed by atoms with Crippen molar-refractivity contribution in [1.29, 1.82) is 0 Å². The SMILES string of the molecule is CCOP(=O)(OCC)C1(CC)OC1c1ccc(OC)cc1. The van der Waals surface area contributed by atoms with Crippen LogP contribution < -0.4 is 4.74 Å². The van der Waals surface area contributed by atoms with Crippen LogP contribution >= 0.6 is 7.60 Å². The maximum Gasteiger partial charge on any atom is 0.365 e. The van der Waals surface area contributed by atoms with Crippen molar-refractivity contribution >= 4 is 7.60 Å². The van der Waals surface area contributed by atoms with Crippen molar-refractivity contribution in [2.75, 3.05) is 20.3 Å². The Kier molecular flexibility index (Phi) is 5.10. The monoisotopic (exact) mass is 314 g/mol. The fourth-order valence-corrected chi connectivity index (χ4v) is 4.79. The molecular weight excluding hydrogens is 291 g/mol. The summed E-state index contributed by atoms with van der Waals surface area (Å²) in [7, 11) is -1.68. The number of methoxy groups -OCH3 is 1. The number of epoxide rings is 1. The number of hydrogen-bond donors (Lipinski definition) is 0. The zero-order valence-corrected chi connectivity index (χ0v) is 13.9. The second kappa shape index (κ2) is 6.49. The smallest absolute Gasteiger partial charge is 0.365 e. The lowest BCUT2D eigenvalue weighted by molar-refractivity contribution is 0.185. The molecule has 0 N–H and O–H groups in total. The first-order chi connectivity index (χ1) is 10.1. The maximum absolute atomic E-state index is 13.0. The van der Waals surface area contributed by atoms with Gasteiger partial charge in [0.25, 0.3) is 0 Å². The third-order valence-electron chi connectivity index (χ3n) is 3.66. The highest BCUT2D eigenvalue weighted by Gasteiger charge is 2.69. The molecule has 0 bridgehead atoms. The van der Waals surface area contributed by atoms with E-state index in [1.165, 1.54) is 0 Å². The molecular formula is C15H23O5P. The van der Waals surface area contributed by atoms with Gasteiger partial charge in [-0.05, 0) is 38.0 Å². The van der Waals surface area contributed by atoms with E-state index in [4.69, 9.17) is 18.5 Å². The van der Waals surface area contributed by atoms with E-state index < -0.39 is 12.9 Å². The Bertz CT molecular complexity index is 505. The molecule has 2 rings (SSSR count). The third-order valence-corrected chi connectivity index (χ3v) is 6.44. The molecule has 118 valence electrons. The van der Waals surface area contributed by atoms with E-state index in [0.29, 0.717) is 19.6 Å². The van der Waals surface area contributed by atoms with Crippen molar-refractivity contribution in [3.05, 3.63) is 29.8 Å². The predicted molar refractivity (Wildman–Crippen MR) is 80.7 cm³/mol. The fourth-order valence-electron chi connectivity index (χ4n) is 2.54. The zero-order valence-electron chi connectivity index (χ0n) is 13.0. The molecule has 1 fully saturated rings. The summed E-state index contributed by atoms with van der Waals surface area (Å²) in [4.78, 5) is 0. The maximum atomic E-state index is 13.0. The summed E-state index contributed by atoms with van der Waals surface area (Å²) in [5.41, 5.74) is 0.956. The van der Waals surface area contributed by atoms with Gasteiger partial charge in [-0.25, -0.2) is 0 Å². The van der Waals surface area contributed by atoms with Crippen molar-refractivity contribution in [3.63, 3.8) is 0 Å². The largest absolute Gasteiger partial charge is 0.497 e. The van der Waals surface area contributed by atoms with Gasteiger partial charge in [0, 0.05) is 0 Å². The van der Waals surface area contributed by atoms with Crippen LogP contribution in [0.3, 0.4) is 0 Å². The highest BCUT2D eigenvalue weighted by Crippen LogP contribution is 2.76. The van der Waals surface area contributed by atoms with Crippen molar-refractivity contribution in [2.45, 2.75) is 38.6 Å². The predicted octanol–water partition coefficient (Wildman–Crippen LogP) is 4.14. The van der Waals surface area contributed by atoms with Gasteiger partial charge in [0.05, 0.1) is 20.3 Å². The minimum Gasteiger partial charge on any atom is -0.497 e. The van der Waals surface area contributed by atoms with Gasteiger partial charge in [-0.15, -0.1) is 0 Å². The van der Waals surface area contributed by atoms with Gasteiger partial charge in [0.15, 0.2) is 5.34 Å². The lowest BCUT2D eigenvalue weighted by Gasteiger charge is -2.23. The summed E-state index contributed by atoms with van der Waals surface area (Å²) < 4.78 is 35.0. The molecule has 0 aromatic heterocycles. The van der Waals surface area contributed by atoms with Gasteiger partial charge in [0.2, 0.25) is 0 Å². The van der Waals surface area contributed by atoms with Crippen LogP contribution in [0.2, 0.25) is 0 Å². The zero-order chi connectivity index (χ0) is 15.5. The van der Waals surface area contributed by atoms with E-state index in [-0.39, 0.29) is 6.10 Å². The van der Waals surface area contributed by atoms with Crippen molar-refractivity contribution < 1.29 is 23.1 Å². The van der Waals surface area contributed by atoms with Crippen LogP contribution in [0.1, 0.15) is 38.9 Å². The third kappa shape index (κ3) is 2.88. The van der Waals surface area contributed by atoms with Gasteiger partial charge < -0.3 is 18.5 Å².